The molecule has 0 amide bonds. The smallest absolute Gasteiger partial charge is 0.158 e. The van der Waals surface area contributed by atoms with E-state index in [0.29, 0.717) is 0 Å². The number of aryl methyl sites for hydroxylation is 2. The van der Waals surface area contributed by atoms with Crippen LogP contribution in [0.3, 0.4) is 0 Å². The minimum Gasteiger partial charge on any atom is -0.356 e. The van der Waals surface area contributed by atoms with Crippen LogP contribution in [-0.4, -0.2) is 32.8 Å². The SMILES string of the molecule is Cc1nn(C)c2nc([C@@]3(C)CCCN(c4ccccn4)C3)ccc12. The summed E-state index contributed by atoms with van der Waals surface area (Å²) in [5.74, 6) is 1.06. The fourth-order valence-electron chi connectivity index (χ4n) is 3.82. The van der Waals surface area contributed by atoms with Crippen molar-refractivity contribution in [1.29, 1.82) is 0 Å². The van der Waals surface area contributed by atoms with Gasteiger partial charge in [-0.1, -0.05) is 13.0 Å². The average Bonchev–Trinajstić information content (AvgIpc) is 2.90. The van der Waals surface area contributed by atoms with Crippen LogP contribution in [0.2, 0.25) is 0 Å². The maximum absolute atomic E-state index is 4.97. The first-order chi connectivity index (χ1) is 11.6. The van der Waals surface area contributed by atoms with Crippen molar-refractivity contribution in [2.24, 2.45) is 7.05 Å². The molecule has 0 bridgehead atoms. The number of hydrogen-bond donors (Lipinski definition) is 0. The summed E-state index contributed by atoms with van der Waals surface area (Å²) in [4.78, 5) is 11.9. The minimum absolute atomic E-state index is 0.0299. The van der Waals surface area contributed by atoms with Crippen molar-refractivity contribution in [1.82, 2.24) is 19.7 Å². The van der Waals surface area contributed by atoms with E-state index in [2.05, 4.69) is 46.2 Å². The van der Waals surface area contributed by atoms with E-state index < -0.39 is 0 Å². The van der Waals surface area contributed by atoms with Crippen molar-refractivity contribution in [3.63, 3.8) is 0 Å². The Morgan fingerprint density at radius 2 is 2.04 bits per heavy atom. The quantitative estimate of drug-likeness (QED) is 0.727. The topological polar surface area (TPSA) is 46.8 Å². The van der Waals surface area contributed by atoms with E-state index in [-0.39, 0.29) is 5.41 Å². The third-order valence-corrected chi connectivity index (χ3v) is 5.16. The van der Waals surface area contributed by atoms with E-state index in [1.165, 1.54) is 0 Å². The Morgan fingerprint density at radius 3 is 2.83 bits per heavy atom. The van der Waals surface area contributed by atoms with Crippen molar-refractivity contribution >= 4 is 16.9 Å². The van der Waals surface area contributed by atoms with Gasteiger partial charge in [0.15, 0.2) is 5.65 Å². The lowest BCUT2D eigenvalue weighted by atomic mass is 9.78. The Kier molecular flexibility index (Phi) is 3.52. The van der Waals surface area contributed by atoms with E-state index in [1.807, 2.05) is 30.9 Å². The number of pyridine rings is 2. The summed E-state index contributed by atoms with van der Waals surface area (Å²) in [6, 6.07) is 10.5. The highest BCUT2D eigenvalue weighted by Crippen LogP contribution is 2.35. The first-order valence-electron chi connectivity index (χ1n) is 8.54. The number of aromatic nitrogens is 4. The Labute approximate surface area is 142 Å². The fraction of sp³-hybridized carbons (Fsp3) is 0.421. The maximum Gasteiger partial charge on any atom is 0.158 e. The molecule has 0 saturated carbocycles. The minimum atomic E-state index is 0.0299. The van der Waals surface area contributed by atoms with Crippen LogP contribution in [0, 0.1) is 6.92 Å². The molecule has 0 radical (unpaired) electrons. The maximum atomic E-state index is 4.97. The van der Waals surface area contributed by atoms with E-state index in [9.17, 15) is 0 Å². The fourth-order valence-corrected chi connectivity index (χ4v) is 3.82. The molecular formula is C19H23N5. The van der Waals surface area contributed by atoms with Crippen molar-refractivity contribution < 1.29 is 0 Å². The van der Waals surface area contributed by atoms with E-state index in [0.717, 1.165) is 54.2 Å². The Balaban J connectivity index is 1.70. The van der Waals surface area contributed by atoms with Crippen molar-refractivity contribution in [3.8, 4) is 0 Å². The van der Waals surface area contributed by atoms with Gasteiger partial charge in [-0.05, 0) is 44.0 Å². The Hall–Kier alpha value is -2.43. The monoisotopic (exact) mass is 321 g/mol. The Bertz CT molecular complexity index is 870. The summed E-state index contributed by atoms with van der Waals surface area (Å²) in [5, 5.41) is 5.64. The first kappa shape index (κ1) is 15.1. The summed E-state index contributed by atoms with van der Waals surface area (Å²) in [6.45, 7) is 6.35. The van der Waals surface area contributed by atoms with Crippen LogP contribution in [0.25, 0.3) is 11.0 Å². The molecule has 1 saturated heterocycles. The van der Waals surface area contributed by atoms with Crippen molar-refractivity contribution in [3.05, 3.63) is 47.9 Å². The molecule has 0 aromatic carbocycles. The highest BCUT2D eigenvalue weighted by Gasteiger charge is 2.34. The molecule has 24 heavy (non-hydrogen) atoms. The molecule has 124 valence electrons. The molecule has 5 nitrogen and oxygen atoms in total. The zero-order valence-corrected chi connectivity index (χ0v) is 14.5. The van der Waals surface area contributed by atoms with Gasteiger partial charge in [-0.3, -0.25) is 4.68 Å². The lowest BCUT2D eigenvalue weighted by Crippen LogP contribution is -2.45. The molecule has 3 aromatic heterocycles. The van der Waals surface area contributed by atoms with Crippen LogP contribution in [0.5, 0.6) is 0 Å². The highest BCUT2D eigenvalue weighted by atomic mass is 15.3. The summed E-state index contributed by atoms with van der Waals surface area (Å²) < 4.78 is 1.89. The van der Waals surface area contributed by atoms with Crippen molar-refractivity contribution in [2.45, 2.75) is 32.1 Å². The second-order valence-electron chi connectivity index (χ2n) is 7.05. The average molecular weight is 321 g/mol. The molecule has 1 aliphatic rings. The molecule has 0 unspecified atom stereocenters. The normalized spacial score (nSPS) is 21.4. The van der Waals surface area contributed by atoms with Gasteiger partial charge >= 0.3 is 0 Å². The van der Waals surface area contributed by atoms with Crippen LogP contribution in [0.1, 0.15) is 31.2 Å². The highest BCUT2D eigenvalue weighted by molar-refractivity contribution is 5.78. The predicted molar refractivity (Wildman–Crippen MR) is 96.3 cm³/mol. The molecular weight excluding hydrogens is 298 g/mol. The largest absolute Gasteiger partial charge is 0.356 e. The summed E-state index contributed by atoms with van der Waals surface area (Å²) >= 11 is 0. The second-order valence-corrected chi connectivity index (χ2v) is 7.05. The van der Waals surface area contributed by atoms with E-state index in [4.69, 9.17) is 4.98 Å². The zero-order chi connectivity index (χ0) is 16.7. The molecule has 1 aliphatic heterocycles. The van der Waals surface area contributed by atoms with E-state index >= 15 is 0 Å². The molecule has 1 fully saturated rings. The van der Waals surface area contributed by atoms with Gasteiger partial charge in [0.05, 0.1) is 11.4 Å². The molecule has 4 heterocycles. The Morgan fingerprint density at radius 1 is 1.17 bits per heavy atom. The van der Waals surface area contributed by atoms with Gasteiger partial charge in [0, 0.05) is 37.1 Å². The number of anilines is 1. The number of fused-ring (bicyclic) bond motifs is 1. The third-order valence-electron chi connectivity index (χ3n) is 5.16. The van der Waals surface area contributed by atoms with E-state index in [1.54, 1.807) is 0 Å². The number of nitrogens with zero attached hydrogens (tertiary/aromatic N) is 5. The number of hydrogen-bond acceptors (Lipinski definition) is 4. The molecule has 4 rings (SSSR count). The summed E-state index contributed by atoms with van der Waals surface area (Å²) in [7, 11) is 1.97. The molecule has 5 heteroatoms. The van der Waals surface area contributed by atoms with Gasteiger partial charge in [0.2, 0.25) is 0 Å². The van der Waals surface area contributed by atoms with Crippen LogP contribution < -0.4 is 4.90 Å². The molecule has 0 aliphatic carbocycles. The lowest BCUT2D eigenvalue weighted by Gasteiger charge is -2.40. The van der Waals surface area contributed by atoms with Gasteiger partial charge in [-0.15, -0.1) is 0 Å². The summed E-state index contributed by atoms with van der Waals surface area (Å²) in [6.07, 6.45) is 4.16. The van der Waals surface area contributed by atoms with Gasteiger partial charge in [-0.25, -0.2) is 9.97 Å². The van der Waals surface area contributed by atoms with Crippen LogP contribution in [0.15, 0.2) is 36.5 Å². The van der Waals surface area contributed by atoms with Crippen LogP contribution >= 0.6 is 0 Å². The summed E-state index contributed by atoms with van der Waals surface area (Å²) in [5.41, 5.74) is 3.19. The van der Waals surface area contributed by atoms with Gasteiger partial charge < -0.3 is 4.90 Å². The van der Waals surface area contributed by atoms with Crippen LogP contribution in [-0.2, 0) is 12.5 Å². The second kappa shape index (κ2) is 5.58. The molecule has 0 N–H and O–H groups in total. The predicted octanol–water partition coefficient (Wildman–Crippen LogP) is 3.23. The number of rotatable bonds is 2. The first-order valence-corrected chi connectivity index (χ1v) is 8.54. The molecule has 3 aromatic rings. The zero-order valence-electron chi connectivity index (χ0n) is 14.5. The van der Waals surface area contributed by atoms with Gasteiger partial charge in [0.1, 0.15) is 5.82 Å². The molecule has 0 spiro atoms. The van der Waals surface area contributed by atoms with Gasteiger partial charge in [0.25, 0.3) is 0 Å². The lowest BCUT2D eigenvalue weighted by molar-refractivity contribution is 0.364. The van der Waals surface area contributed by atoms with Gasteiger partial charge in [-0.2, -0.15) is 5.10 Å². The standard InChI is InChI=1S/C19H23N5/c1-14-15-8-9-16(21-18(15)23(3)22-14)19(2)10-6-12-24(13-19)17-7-4-5-11-20-17/h4-5,7-9,11H,6,10,12-13H2,1-3H3/t19-/m0/s1. The van der Waals surface area contributed by atoms with Crippen molar-refractivity contribution in [2.75, 3.05) is 18.0 Å². The number of piperidine rings is 1. The van der Waals surface area contributed by atoms with Crippen LogP contribution in [0.4, 0.5) is 5.82 Å². The third kappa shape index (κ3) is 2.44. The molecule has 1 atom stereocenters.